The van der Waals surface area contributed by atoms with Crippen LogP contribution >= 0.6 is 0 Å². The van der Waals surface area contributed by atoms with Crippen LogP contribution in [0.3, 0.4) is 0 Å². The number of amides is 1. The molecule has 0 saturated carbocycles. The summed E-state index contributed by atoms with van der Waals surface area (Å²) in [5, 5.41) is 2.67. The molecule has 1 heterocycles. The second kappa shape index (κ2) is 7.24. The molecule has 0 radical (unpaired) electrons. The molecule has 1 aliphatic rings. The van der Waals surface area contributed by atoms with Crippen molar-refractivity contribution in [3.63, 3.8) is 0 Å². The van der Waals surface area contributed by atoms with Crippen molar-refractivity contribution in [3.05, 3.63) is 0 Å². The van der Waals surface area contributed by atoms with Crippen molar-refractivity contribution < 1.29 is 22.7 Å². The lowest BCUT2D eigenvalue weighted by Crippen LogP contribution is -2.44. The Hall–Kier alpha value is -0.860. The zero-order chi connectivity index (χ0) is 15.3. The second-order valence-electron chi connectivity index (χ2n) is 5.19. The summed E-state index contributed by atoms with van der Waals surface area (Å²) >= 11 is 0. The number of nitrogens with zero attached hydrogens (tertiary/aromatic N) is 2. The summed E-state index contributed by atoms with van der Waals surface area (Å²) in [6.45, 7) is 0.0727. The molecule has 1 rings (SSSR count). The summed E-state index contributed by atoms with van der Waals surface area (Å²) < 4.78 is 41.6. The van der Waals surface area contributed by atoms with E-state index in [1.165, 1.54) is 7.05 Å². The van der Waals surface area contributed by atoms with Gasteiger partial charge in [-0.05, 0) is 20.5 Å². The molecule has 1 aliphatic heterocycles. The molecule has 0 unspecified atom stereocenters. The van der Waals surface area contributed by atoms with Crippen molar-refractivity contribution in [2.75, 3.05) is 47.4 Å². The van der Waals surface area contributed by atoms with E-state index < -0.39 is 12.7 Å². The zero-order valence-corrected chi connectivity index (χ0v) is 12.0. The molecule has 0 aliphatic carbocycles. The number of hydrogen-bond donors (Lipinski definition) is 1. The fourth-order valence-electron chi connectivity index (χ4n) is 2.30. The maximum Gasteiger partial charge on any atom is 0.401 e. The number of likely N-dealkylation sites (tertiary alicyclic amines) is 1. The maximum absolute atomic E-state index is 12.1. The van der Waals surface area contributed by atoms with Crippen molar-refractivity contribution >= 4 is 5.91 Å². The summed E-state index contributed by atoms with van der Waals surface area (Å²) in [6, 6.07) is -0.270. The van der Waals surface area contributed by atoms with Crippen LogP contribution in [0.15, 0.2) is 0 Å². The van der Waals surface area contributed by atoms with Crippen molar-refractivity contribution in [3.8, 4) is 0 Å². The first-order valence-corrected chi connectivity index (χ1v) is 6.49. The van der Waals surface area contributed by atoms with E-state index in [4.69, 9.17) is 4.74 Å². The molecule has 1 saturated heterocycles. The first-order valence-electron chi connectivity index (χ1n) is 6.49. The van der Waals surface area contributed by atoms with Gasteiger partial charge in [0, 0.05) is 26.7 Å². The minimum absolute atomic E-state index is 0.0312. The number of rotatable bonds is 6. The quantitative estimate of drug-likeness (QED) is 0.767. The molecule has 0 aromatic heterocycles. The third-order valence-corrected chi connectivity index (χ3v) is 3.39. The number of likely N-dealkylation sites (N-methyl/N-ethyl adjacent to an activating group) is 2. The highest BCUT2D eigenvalue weighted by molar-refractivity contribution is 5.82. The van der Waals surface area contributed by atoms with E-state index >= 15 is 0 Å². The number of ether oxygens (including phenoxy) is 1. The van der Waals surface area contributed by atoms with Crippen molar-refractivity contribution in [1.82, 2.24) is 15.1 Å². The van der Waals surface area contributed by atoms with E-state index in [2.05, 4.69) is 5.32 Å². The Balaban J connectivity index is 2.27. The van der Waals surface area contributed by atoms with Gasteiger partial charge < -0.3 is 10.1 Å². The van der Waals surface area contributed by atoms with Crippen LogP contribution in [0.4, 0.5) is 13.2 Å². The van der Waals surface area contributed by atoms with Crippen LogP contribution in [0.25, 0.3) is 0 Å². The molecule has 1 amide bonds. The SMILES string of the molecule is CO[C@H]1C[C@@H](C(=O)NCCN(C)CC(F)(F)F)N(C)C1. The average Bonchev–Trinajstić information content (AvgIpc) is 2.68. The van der Waals surface area contributed by atoms with Crippen molar-refractivity contribution in [2.24, 2.45) is 0 Å². The van der Waals surface area contributed by atoms with E-state index in [0.717, 1.165) is 4.90 Å². The van der Waals surface area contributed by atoms with Gasteiger partial charge in [0.15, 0.2) is 0 Å². The summed E-state index contributed by atoms with van der Waals surface area (Å²) in [7, 11) is 4.81. The standard InChI is InChI=1S/C12H22F3N3O2/c1-17(8-12(13,14)15)5-4-16-11(19)10-6-9(20-3)7-18(10)2/h9-10H,4-8H2,1-3H3,(H,16,19)/t9-,10-/m0/s1. The molecule has 8 heteroatoms. The smallest absolute Gasteiger partial charge is 0.380 e. The van der Waals surface area contributed by atoms with Crippen LogP contribution < -0.4 is 5.32 Å². The molecule has 0 aromatic rings. The molecule has 0 spiro atoms. The number of alkyl halides is 3. The maximum atomic E-state index is 12.1. The Morgan fingerprint density at radius 3 is 2.65 bits per heavy atom. The van der Waals surface area contributed by atoms with Gasteiger partial charge in [-0.3, -0.25) is 14.6 Å². The lowest BCUT2D eigenvalue weighted by atomic mass is 10.2. The minimum atomic E-state index is -4.21. The van der Waals surface area contributed by atoms with Crippen LogP contribution in [-0.4, -0.2) is 81.4 Å². The topological polar surface area (TPSA) is 44.8 Å². The predicted octanol–water partition coefficient (Wildman–Crippen LogP) is 0.316. The van der Waals surface area contributed by atoms with Gasteiger partial charge in [-0.2, -0.15) is 13.2 Å². The van der Waals surface area contributed by atoms with Gasteiger partial charge in [0.1, 0.15) is 0 Å². The van der Waals surface area contributed by atoms with E-state index in [0.29, 0.717) is 13.0 Å². The molecule has 118 valence electrons. The largest absolute Gasteiger partial charge is 0.401 e. The van der Waals surface area contributed by atoms with E-state index in [1.807, 2.05) is 11.9 Å². The number of methoxy groups -OCH3 is 1. The number of hydrogen-bond acceptors (Lipinski definition) is 4. The fourth-order valence-corrected chi connectivity index (χ4v) is 2.30. The van der Waals surface area contributed by atoms with Gasteiger partial charge in [-0.15, -0.1) is 0 Å². The van der Waals surface area contributed by atoms with E-state index in [-0.39, 0.29) is 31.1 Å². The van der Waals surface area contributed by atoms with Gasteiger partial charge >= 0.3 is 6.18 Å². The summed E-state index contributed by atoms with van der Waals surface area (Å²) in [5.41, 5.74) is 0. The predicted molar refractivity (Wildman–Crippen MR) is 68.4 cm³/mol. The Bertz CT molecular complexity index is 326. The molecular weight excluding hydrogens is 275 g/mol. The van der Waals surface area contributed by atoms with Gasteiger partial charge in [0.2, 0.25) is 5.91 Å². The third kappa shape index (κ3) is 5.64. The van der Waals surface area contributed by atoms with Crippen LogP contribution in [-0.2, 0) is 9.53 Å². The Morgan fingerprint density at radius 2 is 2.15 bits per heavy atom. The third-order valence-electron chi connectivity index (χ3n) is 3.39. The Morgan fingerprint density at radius 1 is 1.50 bits per heavy atom. The molecular formula is C12H22F3N3O2. The van der Waals surface area contributed by atoms with E-state index in [1.54, 1.807) is 7.11 Å². The van der Waals surface area contributed by atoms with Gasteiger partial charge in [0.05, 0.1) is 18.7 Å². The Kier molecular flexibility index (Phi) is 6.22. The summed E-state index contributed by atoms with van der Waals surface area (Å²) in [4.78, 5) is 15.0. The molecule has 2 atom stereocenters. The summed E-state index contributed by atoms with van der Waals surface area (Å²) in [5.74, 6) is -0.160. The van der Waals surface area contributed by atoms with Crippen molar-refractivity contribution in [1.29, 1.82) is 0 Å². The van der Waals surface area contributed by atoms with Crippen LogP contribution in [0, 0.1) is 0 Å². The Labute approximate surface area is 117 Å². The number of carbonyl (C=O) groups excluding carboxylic acids is 1. The van der Waals surface area contributed by atoms with Crippen LogP contribution in [0.2, 0.25) is 0 Å². The molecule has 5 nitrogen and oxygen atoms in total. The lowest BCUT2D eigenvalue weighted by Gasteiger charge is -2.21. The minimum Gasteiger partial charge on any atom is -0.380 e. The monoisotopic (exact) mass is 297 g/mol. The van der Waals surface area contributed by atoms with Crippen LogP contribution in [0.1, 0.15) is 6.42 Å². The number of nitrogens with one attached hydrogen (secondary N) is 1. The zero-order valence-electron chi connectivity index (χ0n) is 12.0. The highest BCUT2D eigenvalue weighted by atomic mass is 19.4. The van der Waals surface area contributed by atoms with E-state index in [9.17, 15) is 18.0 Å². The summed E-state index contributed by atoms with van der Waals surface area (Å²) in [6.07, 6.45) is -3.57. The first-order chi connectivity index (χ1) is 9.23. The molecule has 0 aromatic carbocycles. The normalized spacial score (nSPS) is 24.4. The van der Waals surface area contributed by atoms with Crippen LogP contribution in [0.5, 0.6) is 0 Å². The number of carbonyl (C=O) groups is 1. The number of halogens is 3. The first kappa shape index (κ1) is 17.2. The molecule has 0 bridgehead atoms. The van der Waals surface area contributed by atoms with Gasteiger partial charge in [-0.1, -0.05) is 0 Å². The average molecular weight is 297 g/mol. The second-order valence-corrected chi connectivity index (χ2v) is 5.19. The highest BCUT2D eigenvalue weighted by Gasteiger charge is 2.34. The lowest BCUT2D eigenvalue weighted by molar-refractivity contribution is -0.142. The van der Waals surface area contributed by atoms with Crippen molar-refractivity contribution in [2.45, 2.75) is 24.7 Å². The van der Waals surface area contributed by atoms with Gasteiger partial charge in [-0.25, -0.2) is 0 Å². The highest BCUT2D eigenvalue weighted by Crippen LogP contribution is 2.18. The molecule has 1 N–H and O–H groups in total. The van der Waals surface area contributed by atoms with Gasteiger partial charge in [0.25, 0.3) is 0 Å². The molecule has 1 fully saturated rings. The molecule has 20 heavy (non-hydrogen) atoms. The fraction of sp³-hybridized carbons (Fsp3) is 0.917.